The molecule has 1 heterocycles. The lowest BCUT2D eigenvalue weighted by molar-refractivity contribution is -0.137. The molecule has 0 spiro atoms. The van der Waals surface area contributed by atoms with E-state index in [1.165, 1.54) is 25.7 Å². The largest absolute Gasteiger partial charge is 0.481 e. The smallest absolute Gasteiger partial charge is 0.303 e. The molecule has 0 saturated heterocycles. The molecule has 1 radical (unpaired) electrons. The second-order valence-electron chi connectivity index (χ2n) is 18.7. The zero-order valence-corrected chi connectivity index (χ0v) is 43.3. The first-order valence-electron chi connectivity index (χ1n) is 24.6. The Bertz CT molecular complexity index is 2270. The molecule has 8 atom stereocenters. The number of aliphatic hydroxyl groups excluding tert-OH is 1. The standard InChI is InChI=1S/C48H74N15O13/c1-26(2)18-33(60-41(70)31(49)13-14-39(67)68)45(74)58-32(12-9-15-54-48(50)51)43(72)62-36(21-30-22-52-25-56-30)44(73)57-28(5)40(69)59-35(20-29-10-7-6-8-11-29)47(76)61-34(19-27(3)4)46(75)63-37(24-65)42(71)55-23-38(66)53-16-17-64/h6-8,10-11,22,25-28,31-37,65H,9,12-16,18-21,23-24,49H2,1-5H3,(H,52,56)(H,53,66)(H,55,71)(H,57,73)(H,58,74)(H,59,69)(H,60,70)(H,61,76)(H,62,72)(H,63,75)(H,67,68)(H4,50,51,54)/t28-,31-,32-,33-,34-,35-,36-,37-/m0/s1. The number of amides is 9. The second kappa shape index (κ2) is 33.7. The van der Waals surface area contributed by atoms with E-state index in [0.717, 1.165) is 0 Å². The Morgan fingerprint density at radius 2 is 1.18 bits per heavy atom. The van der Waals surface area contributed by atoms with Gasteiger partial charge in [0.05, 0.1) is 37.8 Å². The summed E-state index contributed by atoms with van der Waals surface area (Å²) in [4.78, 5) is 150. The number of carboxylic acid groups (broad SMARTS) is 1. The number of nitrogens with one attached hydrogen (secondary N) is 12. The highest BCUT2D eigenvalue weighted by Crippen LogP contribution is 2.11. The molecule has 9 amide bonds. The summed E-state index contributed by atoms with van der Waals surface area (Å²) < 4.78 is 0. The zero-order valence-electron chi connectivity index (χ0n) is 43.3. The second-order valence-corrected chi connectivity index (χ2v) is 18.7. The number of rotatable bonds is 35. The number of nitrogens with zero attached hydrogens (tertiary/aromatic N) is 1. The van der Waals surface area contributed by atoms with Gasteiger partial charge in [-0.05, 0) is 56.4 Å². The molecule has 1 aromatic heterocycles. The van der Waals surface area contributed by atoms with Crippen LogP contribution in [-0.4, -0.2) is 166 Å². The maximum absolute atomic E-state index is 14.2. The Morgan fingerprint density at radius 3 is 1.74 bits per heavy atom. The van der Waals surface area contributed by atoms with Crippen LogP contribution in [0.25, 0.3) is 0 Å². The first kappa shape index (κ1) is 64.1. The van der Waals surface area contributed by atoms with Crippen molar-refractivity contribution >= 4 is 71.4 Å². The molecule has 2 rings (SSSR count). The first-order valence-corrected chi connectivity index (χ1v) is 24.6. The Morgan fingerprint density at radius 1 is 0.658 bits per heavy atom. The van der Waals surface area contributed by atoms with Gasteiger partial charge in [0.15, 0.2) is 5.96 Å². The summed E-state index contributed by atoms with van der Waals surface area (Å²) in [6.45, 7) is 6.62. The molecule has 0 bridgehead atoms. The predicted octanol–water partition coefficient (Wildman–Crippen LogP) is -4.51. The molecule has 0 unspecified atom stereocenters. The molecule has 76 heavy (non-hydrogen) atoms. The van der Waals surface area contributed by atoms with Gasteiger partial charge < -0.3 is 79.8 Å². The number of hydrogen-bond donors (Lipinski definition) is 16. The molecule has 28 heteroatoms. The van der Waals surface area contributed by atoms with Crippen LogP contribution < -0.4 is 64.6 Å². The number of H-pyrrole nitrogens is 1. The predicted molar refractivity (Wildman–Crippen MR) is 273 cm³/mol. The summed E-state index contributed by atoms with van der Waals surface area (Å²) in [5, 5.41) is 51.5. The Labute approximate surface area is 439 Å². The fraction of sp³-hybridized carbons (Fsp3) is 0.562. The van der Waals surface area contributed by atoms with E-state index < -0.39 is 134 Å². The summed E-state index contributed by atoms with van der Waals surface area (Å²) in [7, 11) is 0. The Hall–Kier alpha value is -8.01. The molecule has 2 aromatic rings. The van der Waals surface area contributed by atoms with Gasteiger partial charge in [-0.25, -0.2) is 4.98 Å². The van der Waals surface area contributed by atoms with Crippen molar-refractivity contribution < 1.29 is 63.0 Å². The van der Waals surface area contributed by atoms with Gasteiger partial charge in [-0.3, -0.25) is 58.1 Å². The SMILES string of the molecule is CC(C)C[C@H](NC(=O)[C@H](Cc1ccccc1)NC(=O)[C@H](C)NC(=O)[C@H](Cc1c[nH]cn1)NC(=O)[C@H](CCCNC(=N)N)NC(=O)[C@H](CC(C)C)NC(=O)[C@@H](N)CCC(=O)O)C(=O)N[C@@H](CO)C(=O)NCC(=O)NC[C]=O. The maximum atomic E-state index is 14.2. The minimum absolute atomic E-state index is 0.0311. The maximum Gasteiger partial charge on any atom is 0.303 e. The number of carbonyl (C=O) groups excluding carboxylic acids is 10. The number of aromatic nitrogens is 2. The number of carbonyl (C=O) groups is 10. The Balaban J connectivity index is 2.38. The highest BCUT2D eigenvalue weighted by Gasteiger charge is 2.34. The lowest BCUT2D eigenvalue weighted by Gasteiger charge is -2.28. The number of guanidine groups is 1. The molecule has 0 saturated carbocycles. The van der Waals surface area contributed by atoms with E-state index in [0.29, 0.717) is 11.3 Å². The number of hydrogen-bond acceptors (Lipinski definition) is 15. The summed E-state index contributed by atoms with van der Waals surface area (Å²) in [5.41, 5.74) is 12.2. The van der Waals surface area contributed by atoms with Crippen molar-refractivity contribution in [3.05, 3.63) is 54.1 Å². The summed E-state index contributed by atoms with van der Waals surface area (Å²) in [6, 6.07) is -2.39. The van der Waals surface area contributed by atoms with Gasteiger partial charge in [-0.15, -0.1) is 0 Å². The molecule has 28 nitrogen and oxygen atoms in total. The van der Waals surface area contributed by atoms with Gasteiger partial charge in [0.2, 0.25) is 59.5 Å². The third-order valence-corrected chi connectivity index (χ3v) is 11.2. The average molecular weight is 1070 g/mol. The highest BCUT2D eigenvalue weighted by atomic mass is 16.4. The van der Waals surface area contributed by atoms with Crippen LogP contribution in [0.5, 0.6) is 0 Å². The molecule has 0 aliphatic heterocycles. The summed E-state index contributed by atoms with van der Waals surface area (Å²) in [6.07, 6.45) is 3.55. The van der Waals surface area contributed by atoms with E-state index in [9.17, 15) is 57.8 Å². The number of carboxylic acids is 1. The van der Waals surface area contributed by atoms with Crippen LogP contribution in [0.15, 0.2) is 42.9 Å². The molecular weight excluding hydrogens is 995 g/mol. The van der Waals surface area contributed by atoms with Crippen LogP contribution >= 0.6 is 0 Å². The fourth-order valence-corrected chi connectivity index (χ4v) is 7.22. The van der Waals surface area contributed by atoms with Crippen molar-refractivity contribution in [2.75, 3.05) is 26.2 Å². The van der Waals surface area contributed by atoms with Gasteiger partial charge in [0, 0.05) is 32.0 Å². The van der Waals surface area contributed by atoms with Crippen LogP contribution in [-0.2, 0) is 65.6 Å². The van der Waals surface area contributed by atoms with E-state index in [1.54, 1.807) is 58.0 Å². The first-order chi connectivity index (χ1) is 35.9. The zero-order chi connectivity index (χ0) is 56.9. The van der Waals surface area contributed by atoms with Gasteiger partial charge in [-0.1, -0.05) is 58.0 Å². The highest BCUT2D eigenvalue weighted by molar-refractivity contribution is 5.98. The molecule has 0 fully saturated rings. The van der Waals surface area contributed by atoms with Crippen LogP contribution in [0.4, 0.5) is 0 Å². The molecule has 18 N–H and O–H groups in total. The lowest BCUT2D eigenvalue weighted by Crippen LogP contribution is -2.60. The van der Waals surface area contributed by atoms with Crippen LogP contribution in [0.1, 0.15) is 84.4 Å². The fourth-order valence-electron chi connectivity index (χ4n) is 7.22. The van der Waals surface area contributed by atoms with Crippen molar-refractivity contribution in [3.8, 4) is 0 Å². The summed E-state index contributed by atoms with van der Waals surface area (Å²) >= 11 is 0. The van der Waals surface area contributed by atoms with Crippen LogP contribution in [0.3, 0.4) is 0 Å². The number of aromatic amines is 1. The molecule has 419 valence electrons. The van der Waals surface area contributed by atoms with Crippen LogP contribution in [0, 0.1) is 17.2 Å². The van der Waals surface area contributed by atoms with Gasteiger partial charge in [0.1, 0.15) is 42.3 Å². The normalized spacial score (nSPS) is 14.1. The van der Waals surface area contributed by atoms with E-state index in [4.69, 9.17) is 22.0 Å². The number of benzene rings is 1. The number of aliphatic carboxylic acids is 1. The van der Waals surface area contributed by atoms with Gasteiger partial charge >= 0.3 is 5.97 Å². The third-order valence-electron chi connectivity index (χ3n) is 11.2. The van der Waals surface area contributed by atoms with E-state index in [1.807, 2.05) is 0 Å². The minimum Gasteiger partial charge on any atom is -0.481 e. The topological polar surface area (TPSA) is 453 Å². The molecule has 0 aliphatic carbocycles. The molecule has 0 aliphatic rings. The Kier molecular flexibility index (Phi) is 28.5. The summed E-state index contributed by atoms with van der Waals surface area (Å²) in [5.74, 6) is -9.47. The third kappa shape index (κ3) is 24.8. The van der Waals surface area contributed by atoms with Crippen LogP contribution in [0.2, 0.25) is 0 Å². The minimum atomic E-state index is -1.56. The number of aliphatic hydroxyl groups is 1. The van der Waals surface area contributed by atoms with Crippen molar-refractivity contribution in [2.24, 2.45) is 23.3 Å². The van der Waals surface area contributed by atoms with Crippen molar-refractivity contribution in [3.63, 3.8) is 0 Å². The van der Waals surface area contributed by atoms with Gasteiger partial charge in [-0.2, -0.15) is 0 Å². The quantitative estimate of drug-likeness (QED) is 0.0176. The van der Waals surface area contributed by atoms with Gasteiger partial charge in [0.25, 0.3) is 0 Å². The monoisotopic (exact) mass is 1070 g/mol. The number of nitrogens with two attached hydrogens (primary N) is 2. The van der Waals surface area contributed by atoms with E-state index in [-0.39, 0.29) is 69.3 Å². The van der Waals surface area contributed by atoms with E-state index >= 15 is 0 Å². The van der Waals surface area contributed by atoms with Crippen molar-refractivity contribution in [1.29, 1.82) is 5.41 Å². The lowest BCUT2D eigenvalue weighted by atomic mass is 10.0. The molecule has 1 aromatic carbocycles. The van der Waals surface area contributed by atoms with E-state index in [2.05, 4.69) is 63.1 Å². The van der Waals surface area contributed by atoms with Crippen molar-refractivity contribution in [2.45, 2.75) is 134 Å². The number of imidazole rings is 1. The molecular formula is C48H74N15O13. The van der Waals surface area contributed by atoms with Crippen molar-refractivity contribution in [1.82, 2.24) is 63.1 Å². The average Bonchev–Trinajstić information content (AvgIpc) is 3.88.